The van der Waals surface area contributed by atoms with Crippen LogP contribution in [-0.2, 0) is 0 Å². The molecule has 0 fully saturated rings. The lowest BCUT2D eigenvalue weighted by Gasteiger charge is -2.11. The molecular formula is C13H24. The SMILES string of the molecule is C=CCCC(C)C(C)=CCC(C)C. The van der Waals surface area contributed by atoms with E-state index in [0.717, 1.165) is 18.3 Å². The average molecular weight is 180 g/mol. The predicted octanol–water partition coefficient (Wildman–Crippen LogP) is 4.58. The topological polar surface area (TPSA) is 0 Å². The lowest BCUT2D eigenvalue weighted by molar-refractivity contribution is 0.604. The molecule has 0 heterocycles. The number of allylic oxidation sites excluding steroid dienone is 3. The fourth-order valence-corrected chi connectivity index (χ4v) is 1.22. The first-order valence-electron chi connectivity index (χ1n) is 5.35. The first-order chi connectivity index (χ1) is 6.07. The summed E-state index contributed by atoms with van der Waals surface area (Å²) < 4.78 is 0. The van der Waals surface area contributed by atoms with Crippen LogP contribution in [-0.4, -0.2) is 0 Å². The largest absolute Gasteiger partial charge is 0.103 e. The summed E-state index contributed by atoms with van der Waals surface area (Å²) >= 11 is 0. The first kappa shape index (κ1) is 12.5. The van der Waals surface area contributed by atoms with Crippen LogP contribution in [0, 0.1) is 11.8 Å². The van der Waals surface area contributed by atoms with Crippen molar-refractivity contribution in [2.75, 3.05) is 0 Å². The monoisotopic (exact) mass is 180 g/mol. The molecule has 0 spiro atoms. The van der Waals surface area contributed by atoms with E-state index in [2.05, 4.69) is 40.3 Å². The van der Waals surface area contributed by atoms with Gasteiger partial charge in [-0.1, -0.05) is 38.5 Å². The Morgan fingerprint density at radius 1 is 1.31 bits per heavy atom. The molecule has 76 valence electrons. The Hall–Kier alpha value is -0.520. The Balaban J connectivity index is 3.85. The Bertz CT molecular complexity index is 163. The molecule has 0 radical (unpaired) electrons. The second-order valence-electron chi connectivity index (χ2n) is 4.34. The van der Waals surface area contributed by atoms with Crippen molar-refractivity contribution in [2.45, 2.75) is 47.0 Å². The van der Waals surface area contributed by atoms with Crippen LogP contribution in [0.3, 0.4) is 0 Å². The molecule has 0 saturated carbocycles. The fourth-order valence-electron chi connectivity index (χ4n) is 1.22. The molecule has 0 aliphatic rings. The zero-order valence-corrected chi connectivity index (χ0v) is 9.64. The van der Waals surface area contributed by atoms with Gasteiger partial charge in [0.1, 0.15) is 0 Å². The molecule has 0 aliphatic carbocycles. The standard InChI is InChI=1S/C13H24/c1-6-7-8-12(4)13(5)10-9-11(2)3/h6,10-12H,1,7-9H2,2-5H3. The molecule has 0 bridgehead atoms. The molecule has 0 amide bonds. The molecular weight excluding hydrogens is 156 g/mol. The van der Waals surface area contributed by atoms with Crippen molar-refractivity contribution in [3.8, 4) is 0 Å². The molecule has 0 nitrogen and oxygen atoms in total. The van der Waals surface area contributed by atoms with Gasteiger partial charge < -0.3 is 0 Å². The van der Waals surface area contributed by atoms with Crippen LogP contribution in [0.25, 0.3) is 0 Å². The average Bonchev–Trinajstić information content (AvgIpc) is 2.10. The summed E-state index contributed by atoms with van der Waals surface area (Å²) in [5.74, 6) is 1.50. The predicted molar refractivity (Wildman–Crippen MR) is 61.8 cm³/mol. The van der Waals surface area contributed by atoms with Crippen molar-refractivity contribution < 1.29 is 0 Å². The van der Waals surface area contributed by atoms with E-state index < -0.39 is 0 Å². The zero-order chi connectivity index (χ0) is 10.3. The highest BCUT2D eigenvalue weighted by Crippen LogP contribution is 2.17. The van der Waals surface area contributed by atoms with Crippen LogP contribution >= 0.6 is 0 Å². The second-order valence-corrected chi connectivity index (χ2v) is 4.34. The lowest BCUT2D eigenvalue weighted by Crippen LogP contribution is -1.96. The van der Waals surface area contributed by atoms with Gasteiger partial charge in [0.05, 0.1) is 0 Å². The minimum atomic E-state index is 0.719. The van der Waals surface area contributed by atoms with Crippen LogP contribution < -0.4 is 0 Å². The first-order valence-corrected chi connectivity index (χ1v) is 5.35. The normalized spacial score (nSPS) is 14.7. The van der Waals surface area contributed by atoms with Crippen LogP contribution in [0.4, 0.5) is 0 Å². The molecule has 0 heteroatoms. The van der Waals surface area contributed by atoms with Gasteiger partial charge in [0.2, 0.25) is 0 Å². The summed E-state index contributed by atoms with van der Waals surface area (Å²) in [6.07, 6.45) is 7.98. The summed E-state index contributed by atoms with van der Waals surface area (Å²) in [7, 11) is 0. The van der Waals surface area contributed by atoms with E-state index in [1.54, 1.807) is 0 Å². The van der Waals surface area contributed by atoms with Crippen molar-refractivity contribution in [1.82, 2.24) is 0 Å². The Morgan fingerprint density at radius 2 is 1.92 bits per heavy atom. The molecule has 1 unspecified atom stereocenters. The Labute approximate surface area is 83.7 Å². The molecule has 0 aromatic heterocycles. The van der Waals surface area contributed by atoms with E-state index in [9.17, 15) is 0 Å². The third-order valence-corrected chi connectivity index (χ3v) is 2.49. The molecule has 0 saturated heterocycles. The summed E-state index contributed by atoms with van der Waals surface area (Å²) in [4.78, 5) is 0. The zero-order valence-electron chi connectivity index (χ0n) is 9.64. The molecule has 0 rings (SSSR count). The summed E-state index contributed by atoms with van der Waals surface area (Å²) in [6.45, 7) is 12.8. The highest BCUT2D eigenvalue weighted by atomic mass is 14.1. The van der Waals surface area contributed by atoms with E-state index in [4.69, 9.17) is 0 Å². The van der Waals surface area contributed by atoms with Gasteiger partial charge in [-0.25, -0.2) is 0 Å². The highest BCUT2D eigenvalue weighted by Gasteiger charge is 2.02. The van der Waals surface area contributed by atoms with Gasteiger partial charge in [0.15, 0.2) is 0 Å². The van der Waals surface area contributed by atoms with Gasteiger partial charge >= 0.3 is 0 Å². The number of hydrogen-bond acceptors (Lipinski definition) is 0. The second kappa shape index (κ2) is 6.94. The van der Waals surface area contributed by atoms with E-state index in [-0.39, 0.29) is 0 Å². The van der Waals surface area contributed by atoms with Gasteiger partial charge in [-0.05, 0) is 38.0 Å². The Morgan fingerprint density at radius 3 is 2.38 bits per heavy atom. The summed E-state index contributed by atoms with van der Waals surface area (Å²) in [5, 5.41) is 0. The van der Waals surface area contributed by atoms with Crippen molar-refractivity contribution in [3.63, 3.8) is 0 Å². The number of rotatable bonds is 6. The maximum absolute atomic E-state index is 3.75. The van der Waals surface area contributed by atoms with Gasteiger partial charge in [0, 0.05) is 0 Å². The maximum atomic E-state index is 3.75. The summed E-state index contributed by atoms with van der Waals surface area (Å²) in [6, 6.07) is 0. The fraction of sp³-hybridized carbons (Fsp3) is 0.692. The van der Waals surface area contributed by atoms with Crippen molar-refractivity contribution >= 4 is 0 Å². The van der Waals surface area contributed by atoms with Gasteiger partial charge in [0.25, 0.3) is 0 Å². The van der Waals surface area contributed by atoms with Gasteiger partial charge in [-0.3, -0.25) is 0 Å². The minimum Gasteiger partial charge on any atom is -0.103 e. The number of hydrogen-bond donors (Lipinski definition) is 0. The van der Waals surface area contributed by atoms with E-state index in [1.165, 1.54) is 18.4 Å². The molecule has 1 atom stereocenters. The smallest absolute Gasteiger partial charge is 0.0232 e. The van der Waals surface area contributed by atoms with Gasteiger partial charge in [-0.2, -0.15) is 0 Å². The van der Waals surface area contributed by atoms with Gasteiger partial charge in [-0.15, -0.1) is 6.58 Å². The third-order valence-electron chi connectivity index (χ3n) is 2.49. The molecule has 0 aromatic rings. The third kappa shape index (κ3) is 6.62. The quantitative estimate of drug-likeness (QED) is 0.525. The molecule has 0 aliphatic heterocycles. The molecule has 0 N–H and O–H groups in total. The molecule has 13 heavy (non-hydrogen) atoms. The van der Waals surface area contributed by atoms with Crippen LogP contribution in [0.5, 0.6) is 0 Å². The van der Waals surface area contributed by atoms with E-state index in [0.29, 0.717) is 0 Å². The van der Waals surface area contributed by atoms with Crippen molar-refractivity contribution in [2.24, 2.45) is 11.8 Å². The maximum Gasteiger partial charge on any atom is -0.0232 e. The minimum absolute atomic E-state index is 0.719. The van der Waals surface area contributed by atoms with Crippen LogP contribution in [0.2, 0.25) is 0 Å². The Kier molecular flexibility index (Phi) is 6.66. The molecule has 0 aromatic carbocycles. The van der Waals surface area contributed by atoms with E-state index >= 15 is 0 Å². The highest BCUT2D eigenvalue weighted by molar-refractivity contribution is 5.02. The lowest BCUT2D eigenvalue weighted by atomic mass is 9.95. The van der Waals surface area contributed by atoms with Crippen LogP contribution in [0.15, 0.2) is 24.3 Å². The van der Waals surface area contributed by atoms with Crippen LogP contribution in [0.1, 0.15) is 47.0 Å². The van der Waals surface area contributed by atoms with Crippen molar-refractivity contribution in [3.05, 3.63) is 24.3 Å². The summed E-state index contributed by atoms with van der Waals surface area (Å²) in [5.41, 5.74) is 1.54. The van der Waals surface area contributed by atoms with E-state index in [1.807, 2.05) is 6.08 Å². The van der Waals surface area contributed by atoms with Crippen molar-refractivity contribution in [1.29, 1.82) is 0 Å².